The van der Waals surface area contributed by atoms with Gasteiger partial charge < -0.3 is 19.3 Å². The van der Waals surface area contributed by atoms with Gasteiger partial charge in [0.05, 0.1) is 35.0 Å². The highest BCUT2D eigenvalue weighted by molar-refractivity contribution is 7.22. The minimum atomic E-state index is -0.941. The molecule has 4 aromatic rings. The van der Waals surface area contributed by atoms with E-state index in [0.29, 0.717) is 53.3 Å². The number of aliphatic hydroxyl groups excluding tert-OH is 1. The van der Waals surface area contributed by atoms with Crippen molar-refractivity contribution in [2.24, 2.45) is 5.92 Å². The lowest BCUT2D eigenvalue weighted by atomic mass is 9.94. The minimum Gasteiger partial charge on any atom is -0.507 e. The zero-order valence-corrected chi connectivity index (χ0v) is 26.4. The van der Waals surface area contributed by atoms with E-state index in [1.54, 1.807) is 24.3 Å². The van der Waals surface area contributed by atoms with Crippen LogP contribution in [0.15, 0.2) is 60.2 Å². The Bertz CT molecular complexity index is 1790. The number of aryl methyl sites for hydroxylation is 1. The van der Waals surface area contributed by atoms with Gasteiger partial charge in [-0.3, -0.25) is 14.5 Å². The third-order valence-corrected chi connectivity index (χ3v) is 8.91. The van der Waals surface area contributed by atoms with Crippen LogP contribution in [0.5, 0.6) is 17.2 Å². The number of Topliss-reactive ketones (excluding diaryl/α,β-unsaturated/α-hetero) is 1. The van der Waals surface area contributed by atoms with Crippen LogP contribution in [0.1, 0.15) is 62.4 Å². The summed E-state index contributed by atoms with van der Waals surface area (Å²) in [6, 6.07) is 15.7. The number of benzene rings is 3. The summed E-state index contributed by atoms with van der Waals surface area (Å²) in [7, 11) is 0. The number of nitrogens with zero attached hydrogens (tertiary/aromatic N) is 2. The van der Waals surface area contributed by atoms with Crippen molar-refractivity contribution in [1.82, 2.24) is 4.98 Å². The number of amides is 1. The first kappa shape index (κ1) is 29.7. The lowest BCUT2D eigenvalue weighted by Gasteiger charge is -2.24. The molecule has 0 radical (unpaired) electrons. The number of rotatable bonds is 9. The molecule has 6 rings (SSSR count). The molecule has 0 aliphatic carbocycles. The average Bonchev–Trinajstić information content (AvgIpc) is 3.65. The van der Waals surface area contributed by atoms with Crippen molar-refractivity contribution in [3.8, 4) is 17.2 Å². The normalized spacial score (nSPS) is 19.1. The van der Waals surface area contributed by atoms with Gasteiger partial charge >= 0.3 is 5.91 Å². The fourth-order valence-electron chi connectivity index (χ4n) is 5.68. The number of carbonyl (C=O) groups excluding carboxylic acids is 2. The van der Waals surface area contributed by atoms with E-state index in [-0.39, 0.29) is 17.4 Å². The molecule has 0 bridgehead atoms. The van der Waals surface area contributed by atoms with Gasteiger partial charge in [-0.15, -0.1) is 0 Å². The van der Waals surface area contributed by atoms with E-state index in [0.717, 1.165) is 33.5 Å². The van der Waals surface area contributed by atoms with E-state index in [2.05, 4.69) is 13.8 Å². The van der Waals surface area contributed by atoms with Gasteiger partial charge in [-0.05, 0) is 92.3 Å². The summed E-state index contributed by atoms with van der Waals surface area (Å²) in [5.41, 5.74) is 3.77. The van der Waals surface area contributed by atoms with Gasteiger partial charge in [-0.2, -0.15) is 0 Å². The van der Waals surface area contributed by atoms with E-state index in [9.17, 15) is 14.7 Å². The second-order valence-electron chi connectivity index (χ2n) is 11.8. The van der Waals surface area contributed by atoms with Crippen LogP contribution in [-0.4, -0.2) is 41.1 Å². The molecule has 3 aromatic carbocycles. The summed E-state index contributed by atoms with van der Waals surface area (Å²) < 4.78 is 18.8. The lowest BCUT2D eigenvalue weighted by Crippen LogP contribution is -2.29. The number of ether oxygens (including phenoxy) is 3. The number of fused-ring (bicyclic) bond motifs is 2. The van der Waals surface area contributed by atoms with Gasteiger partial charge in [0.1, 0.15) is 17.6 Å². The largest absolute Gasteiger partial charge is 0.507 e. The Hall–Kier alpha value is -4.37. The Morgan fingerprint density at radius 2 is 1.91 bits per heavy atom. The number of ketones is 1. The highest BCUT2D eigenvalue weighted by Crippen LogP contribution is 2.46. The monoisotopic (exact) mass is 612 g/mol. The summed E-state index contributed by atoms with van der Waals surface area (Å²) in [6.45, 7) is 11.1. The number of hydrogen-bond donors (Lipinski definition) is 1. The smallest absolute Gasteiger partial charge is 0.301 e. The molecule has 2 aliphatic rings. The van der Waals surface area contributed by atoms with E-state index >= 15 is 0 Å². The summed E-state index contributed by atoms with van der Waals surface area (Å²) in [5.74, 6) is 0.551. The third-order valence-electron chi connectivity index (χ3n) is 7.89. The van der Waals surface area contributed by atoms with Gasteiger partial charge in [-0.1, -0.05) is 37.3 Å². The van der Waals surface area contributed by atoms with Gasteiger partial charge in [0, 0.05) is 12.0 Å². The molecule has 3 heterocycles. The van der Waals surface area contributed by atoms with Crippen molar-refractivity contribution < 1.29 is 28.9 Å². The lowest BCUT2D eigenvalue weighted by molar-refractivity contribution is -0.132. The topological polar surface area (TPSA) is 98.2 Å². The number of anilines is 1. The zero-order valence-electron chi connectivity index (χ0n) is 25.5. The van der Waals surface area contributed by atoms with E-state index in [1.165, 1.54) is 16.2 Å². The predicted molar refractivity (Wildman–Crippen MR) is 172 cm³/mol. The van der Waals surface area contributed by atoms with Gasteiger partial charge in [0.15, 0.2) is 16.6 Å². The Morgan fingerprint density at radius 1 is 1.09 bits per heavy atom. The molecule has 2 unspecified atom stereocenters. The molecule has 1 saturated heterocycles. The van der Waals surface area contributed by atoms with E-state index < -0.39 is 17.7 Å². The summed E-state index contributed by atoms with van der Waals surface area (Å²) in [4.78, 5) is 33.8. The first-order valence-electron chi connectivity index (χ1n) is 15.0. The first-order valence-corrected chi connectivity index (χ1v) is 15.8. The van der Waals surface area contributed by atoms with Crippen LogP contribution in [-0.2, 0) is 16.0 Å². The second kappa shape index (κ2) is 12.0. The molecular weight excluding hydrogens is 576 g/mol. The first-order chi connectivity index (χ1) is 21.1. The molecule has 0 spiro atoms. The average molecular weight is 613 g/mol. The molecule has 0 saturated carbocycles. The van der Waals surface area contributed by atoms with Gasteiger partial charge in [0.2, 0.25) is 0 Å². The fraction of sp³-hybridized carbons (Fsp3) is 0.343. The molecule has 1 amide bonds. The molecule has 2 aliphatic heterocycles. The number of aromatic nitrogens is 1. The Morgan fingerprint density at radius 3 is 2.68 bits per heavy atom. The highest BCUT2D eigenvalue weighted by atomic mass is 32.1. The third kappa shape index (κ3) is 5.52. The van der Waals surface area contributed by atoms with Crippen molar-refractivity contribution in [3.05, 3.63) is 82.4 Å². The molecule has 9 heteroatoms. The van der Waals surface area contributed by atoms with Crippen LogP contribution in [0.3, 0.4) is 0 Å². The molecular formula is C35H36N2O6S. The fourth-order valence-corrected chi connectivity index (χ4v) is 6.77. The number of carbonyl (C=O) groups is 2. The Labute approximate surface area is 260 Å². The predicted octanol–water partition coefficient (Wildman–Crippen LogP) is 7.38. The van der Waals surface area contributed by atoms with Crippen molar-refractivity contribution >= 4 is 44.1 Å². The number of aliphatic hydroxyl groups is 1. The van der Waals surface area contributed by atoms with Crippen molar-refractivity contribution in [1.29, 1.82) is 0 Å². The Kier molecular flexibility index (Phi) is 8.07. The SMILES string of the molecule is CCOc1cc(C2C(=C(O)c3ccc4c(c3)CC(C)O4)C(=O)C(=O)N2c2nc3ccc(C)cc3s2)ccc1OCCC(C)C. The van der Waals surface area contributed by atoms with Crippen LogP contribution < -0.4 is 19.1 Å². The molecule has 1 aromatic heterocycles. The Balaban J connectivity index is 1.50. The maximum Gasteiger partial charge on any atom is 0.301 e. The van der Waals surface area contributed by atoms with Crippen molar-refractivity contribution in [3.63, 3.8) is 0 Å². The molecule has 1 N–H and O–H groups in total. The quantitative estimate of drug-likeness (QED) is 0.120. The summed E-state index contributed by atoms with van der Waals surface area (Å²) in [5, 5.41) is 12.1. The van der Waals surface area contributed by atoms with E-state index in [1.807, 2.05) is 51.1 Å². The maximum atomic E-state index is 13.8. The molecule has 8 nitrogen and oxygen atoms in total. The van der Waals surface area contributed by atoms with Crippen LogP contribution in [0.25, 0.3) is 16.0 Å². The van der Waals surface area contributed by atoms with Crippen LogP contribution >= 0.6 is 11.3 Å². The maximum absolute atomic E-state index is 13.8. The van der Waals surface area contributed by atoms with E-state index in [4.69, 9.17) is 19.2 Å². The number of hydrogen-bond acceptors (Lipinski definition) is 8. The van der Waals surface area contributed by atoms with Crippen LogP contribution in [0.4, 0.5) is 5.13 Å². The van der Waals surface area contributed by atoms with Crippen molar-refractivity contribution in [2.75, 3.05) is 18.1 Å². The molecule has 1 fully saturated rings. The highest BCUT2D eigenvalue weighted by Gasteiger charge is 2.48. The second-order valence-corrected chi connectivity index (χ2v) is 12.8. The number of thiazole rings is 1. The summed E-state index contributed by atoms with van der Waals surface area (Å²) >= 11 is 1.34. The molecule has 2 atom stereocenters. The van der Waals surface area contributed by atoms with Gasteiger partial charge in [-0.25, -0.2) is 4.98 Å². The van der Waals surface area contributed by atoms with Gasteiger partial charge in [0.25, 0.3) is 5.78 Å². The van der Waals surface area contributed by atoms with Crippen LogP contribution in [0, 0.1) is 12.8 Å². The zero-order chi connectivity index (χ0) is 31.1. The minimum absolute atomic E-state index is 0.00623. The molecule has 44 heavy (non-hydrogen) atoms. The standard InChI is InChI=1S/C35H36N2O6S/c1-6-41-28-18-22(8-12-27(28)42-14-13-19(2)3)31-30(32(38)23-9-11-26-24(17-23)16-21(5)43-26)33(39)34(40)37(31)35-36-25-10-7-20(4)15-29(25)44-35/h7-12,15,17-19,21,31,38H,6,13-14,16H2,1-5H3. The van der Waals surface area contributed by atoms with Crippen molar-refractivity contribution in [2.45, 2.75) is 59.6 Å². The van der Waals surface area contributed by atoms with Crippen LogP contribution in [0.2, 0.25) is 0 Å². The summed E-state index contributed by atoms with van der Waals surface area (Å²) in [6.07, 6.45) is 1.60. The molecule has 228 valence electrons.